The van der Waals surface area contributed by atoms with Gasteiger partial charge in [-0.2, -0.15) is 0 Å². The van der Waals surface area contributed by atoms with Crippen LogP contribution in [0.1, 0.15) is 25.0 Å². The van der Waals surface area contributed by atoms with Crippen molar-refractivity contribution in [3.8, 4) is 22.3 Å². The first-order valence-corrected chi connectivity index (χ1v) is 11.2. The van der Waals surface area contributed by atoms with E-state index in [2.05, 4.69) is 128 Å². The third-order valence-corrected chi connectivity index (χ3v) is 6.85. The first-order valence-electron chi connectivity index (χ1n) is 11.2. The van der Waals surface area contributed by atoms with Crippen LogP contribution >= 0.6 is 0 Å². The van der Waals surface area contributed by atoms with Crippen molar-refractivity contribution in [1.29, 1.82) is 0 Å². The van der Waals surface area contributed by atoms with Crippen LogP contribution in [0.4, 0.5) is 11.4 Å². The van der Waals surface area contributed by atoms with E-state index in [1.165, 1.54) is 44.2 Å². The van der Waals surface area contributed by atoms with Crippen molar-refractivity contribution in [3.63, 3.8) is 0 Å². The summed E-state index contributed by atoms with van der Waals surface area (Å²) in [7, 11) is 0. The Hall–Kier alpha value is -3.84. The number of benzene rings is 5. The quantitative estimate of drug-likeness (QED) is 0.313. The third kappa shape index (κ3) is 2.93. The fourth-order valence-corrected chi connectivity index (χ4v) is 5.12. The van der Waals surface area contributed by atoms with Crippen molar-refractivity contribution < 1.29 is 0 Å². The Morgan fingerprint density at radius 1 is 0.562 bits per heavy atom. The predicted octanol–water partition coefficient (Wildman–Crippen LogP) is 8.56. The lowest BCUT2D eigenvalue weighted by Gasteiger charge is -2.23. The Morgan fingerprint density at radius 3 is 2.09 bits per heavy atom. The first kappa shape index (κ1) is 18.9. The van der Waals surface area contributed by atoms with Crippen molar-refractivity contribution in [2.24, 2.45) is 0 Å². The smallest absolute Gasteiger partial charge is 0.0463 e. The van der Waals surface area contributed by atoms with Gasteiger partial charge in [0.1, 0.15) is 0 Å². The molecule has 0 aliphatic heterocycles. The van der Waals surface area contributed by atoms with E-state index < -0.39 is 0 Å². The van der Waals surface area contributed by atoms with Gasteiger partial charge in [0.15, 0.2) is 0 Å². The normalized spacial score (nSPS) is 13.6. The van der Waals surface area contributed by atoms with E-state index in [1.54, 1.807) is 0 Å². The molecular weight excluding hydrogens is 386 g/mol. The molecule has 1 aliphatic rings. The lowest BCUT2D eigenvalue weighted by atomic mass is 9.81. The van der Waals surface area contributed by atoms with Crippen LogP contribution < -0.4 is 5.32 Å². The van der Waals surface area contributed by atoms with Gasteiger partial charge in [0.05, 0.1) is 0 Å². The second-order valence-electron chi connectivity index (χ2n) is 9.16. The number of rotatable bonds is 3. The molecule has 0 saturated heterocycles. The van der Waals surface area contributed by atoms with Crippen molar-refractivity contribution >= 4 is 22.1 Å². The van der Waals surface area contributed by atoms with E-state index in [1.807, 2.05) is 0 Å². The van der Waals surface area contributed by atoms with Gasteiger partial charge in [0.25, 0.3) is 0 Å². The van der Waals surface area contributed by atoms with Gasteiger partial charge in [0, 0.05) is 22.2 Å². The van der Waals surface area contributed by atoms with Crippen molar-refractivity contribution in [2.45, 2.75) is 19.3 Å². The van der Waals surface area contributed by atoms with Crippen LogP contribution in [0.5, 0.6) is 0 Å². The van der Waals surface area contributed by atoms with Crippen LogP contribution in [-0.4, -0.2) is 0 Å². The van der Waals surface area contributed by atoms with E-state index in [9.17, 15) is 0 Å². The van der Waals surface area contributed by atoms with Gasteiger partial charge in [0.2, 0.25) is 0 Å². The van der Waals surface area contributed by atoms with E-state index in [0.717, 1.165) is 11.4 Å². The summed E-state index contributed by atoms with van der Waals surface area (Å²) in [6.45, 7) is 4.68. The minimum Gasteiger partial charge on any atom is -0.355 e. The zero-order valence-corrected chi connectivity index (χ0v) is 18.4. The largest absolute Gasteiger partial charge is 0.355 e. The molecule has 0 fully saturated rings. The molecule has 0 atom stereocenters. The van der Waals surface area contributed by atoms with Crippen molar-refractivity contribution in [1.82, 2.24) is 0 Å². The van der Waals surface area contributed by atoms with Crippen LogP contribution in [-0.2, 0) is 5.41 Å². The molecule has 1 nitrogen and oxygen atoms in total. The topological polar surface area (TPSA) is 12.0 Å². The molecular formula is C31H25N. The standard InChI is InChI=1S/C31H25N/c1-31(2)28-19-23(21-9-4-3-5-10-21)15-17-26(28)27-18-16-24(20-29(27)31)32-30-14-8-12-22-11-6-7-13-25(22)30/h3-20,32H,1-2H3. The van der Waals surface area contributed by atoms with Crippen LogP contribution in [0.15, 0.2) is 109 Å². The highest BCUT2D eigenvalue weighted by atomic mass is 14.9. The van der Waals surface area contributed by atoms with E-state index in [-0.39, 0.29) is 5.41 Å². The second-order valence-corrected chi connectivity index (χ2v) is 9.16. The van der Waals surface area contributed by atoms with Gasteiger partial charge in [-0.25, -0.2) is 0 Å². The van der Waals surface area contributed by atoms with Gasteiger partial charge in [-0.05, 0) is 63.0 Å². The second kappa shape index (κ2) is 7.10. The molecule has 0 saturated carbocycles. The Kier molecular flexibility index (Phi) is 4.19. The molecule has 0 amide bonds. The molecule has 1 heteroatoms. The zero-order chi connectivity index (χ0) is 21.7. The Balaban J connectivity index is 1.41. The molecule has 32 heavy (non-hydrogen) atoms. The highest BCUT2D eigenvalue weighted by Crippen LogP contribution is 2.50. The average molecular weight is 412 g/mol. The van der Waals surface area contributed by atoms with E-state index in [4.69, 9.17) is 0 Å². The lowest BCUT2D eigenvalue weighted by Crippen LogP contribution is -2.15. The predicted molar refractivity (Wildman–Crippen MR) is 137 cm³/mol. The molecule has 0 aromatic heterocycles. The van der Waals surface area contributed by atoms with Gasteiger partial charge < -0.3 is 5.32 Å². The Morgan fingerprint density at radius 2 is 1.25 bits per heavy atom. The van der Waals surface area contributed by atoms with E-state index >= 15 is 0 Å². The van der Waals surface area contributed by atoms with Crippen LogP contribution in [0.3, 0.4) is 0 Å². The molecule has 0 radical (unpaired) electrons. The molecule has 5 aromatic carbocycles. The summed E-state index contributed by atoms with van der Waals surface area (Å²) in [5, 5.41) is 6.17. The third-order valence-electron chi connectivity index (χ3n) is 6.85. The molecule has 0 heterocycles. The summed E-state index contributed by atoms with van der Waals surface area (Å²) in [5.74, 6) is 0. The molecule has 1 N–H and O–H groups in total. The molecule has 6 rings (SSSR count). The number of nitrogens with one attached hydrogen (secondary N) is 1. The minimum atomic E-state index is -0.0497. The number of hydrogen-bond acceptors (Lipinski definition) is 1. The molecule has 0 unspecified atom stereocenters. The number of anilines is 2. The fraction of sp³-hybridized carbons (Fsp3) is 0.0968. The summed E-state index contributed by atoms with van der Waals surface area (Å²) in [5.41, 5.74) is 10.2. The average Bonchev–Trinajstić information content (AvgIpc) is 3.06. The van der Waals surface area contributed by atoms with Gasteiger partial charge in [-0.3, -0.25) is 0 Å². The van der Waals surface area contributed by atoms with Crippen LogP contribution in [0.25, 0.3) is 33.0 Å². The Bertz CT molecular complexity index is 1460. The molecule has 154 valence electrons. The molecule has 0 spiro atoms. The monoisotopic (exact) mass is 411 g/mol. The summed E-state index contributed by atoms with van der Waals surface area (Å²) in [6.07, 6.45) is 0. The summed E-state index contributed by atoms with van der Waals surface area (Å²) < 4.78 is 0. The maximum Gasteiger partial charge on any atom is 0.0463 e. The molecule has 1 aliphatic carbocycles. The zero-order valence-electron chi connectivity index (χ0n) is 18.4. The van der Waals surface area contributed by atoms with Crippen molar-refractivity contribution in [3.05, 3.63) is 120 Å². The highest BCUT2D eigenvalue weighted by molar-refractivity contribution is 5.95. The fourth-order valence-electron chi connectivity index (χ4n) is 5.12. The summed E-state index contributed by atoms with van der Waals surface area (Å²) in [6, 6.07) is 39.3. The van der Waals surface area contributed by atoms with E-state index in [0.29, 0.717) is 0 Å². The number of hydrogen-bond donors (Lipinski definition) is 1. The number of fused-ring (bicyclic) bond motifs is 4. The highest BCUT2D eigenvalue weighted by Gasteiger charge is 2.35. The maximum absolute atomic E-state index is 3.68. The summed E-state index contributed by atoms with van der Waals surface area (Å²) >= 11 is 0. The van der Waals surface area contributed by atoms with Gasteiger partial charge in [-0.15, -0.1) is 0 Å². The molecule has 0 bridgehead atoms. The van der Waals surface area contributed by atoms with Gasteiger partial charge >= 0.3 is 0 Å². The molecule has 5 aromatic rings. The minimum absolute atomic E-state index is 0.0497. The Labute approximate surface area is 189 Å². The summed E-state index contributed by atoms with van der Waals surface area (Å²) in [4.78, 5) is 0. The van der Waals surface area contributed by atoms with Gasteiger partial charge in [-0.1, -0.05) is 98.8 Å². The van der Waals surface area contributed by atoms with Crippen molar-refractivity contribution in [2.75, 3.05) is 5.32 Å². The van der Waals surface area contributed by atoms with Crippen LogP contribution in [0.2, 0.25) is 0 Å². The first-order chi connectivity index (χ1) is 15.6. The lowest BCUT2D eigenvalue weighted by molar-refractivity contribution is 0.661. The van der Waals surface area contributed by atoms with Crippen LogP contribution in [0, 0.1) is 0 Å². The maximum atomic E-state index is 3.68. The SMILES string of the molecule is CC1(C)c2cc(Nc3cccc4ccccc34)ccc2-c2ccc(-c3ccccc3)cc21.